The van der Waals surface area contributed by atoms with Crippen LogP contribution in [0.5, 0.6) is 0 Å². The smallest absolute Gasteiger partial charge is 0.338 e. The molecule has 2 nitrogen and oxygen atoms in total. The number of alkyl halides is 2. The number of aliphatic hydroxyl groups is 1. The molecule has 1 aromatic rings. The van der Waals surface area contributed by atoms with Gasteiger partial charge in [-0.05, 0) is 31.2 Å². The molecular weight excluding hydrogens is 250 g/mol. The summed E-state index contributed by atoms with van der Waals surface area (Å²) in [4.78, 5) is 11.5. The van der Waals surface area contributed by atoms with E-state index in [1.807, 2.05) is 0 Å². The first-order valence-electron chi connectivity index (χ1n) is 4.88. The lowest BCUT2D eigenvalue weighted by molar-refractivity contribution is -0.0570. The Morgan fingerprint density at radius 2 is 1.94 bits per heavy atom. The molecule has 1 aromatic carbocycles. The minimum atomic E-state index is -3.85. The topological polar surface area (TPSA) is 37.3 Å². The lowest BCUT2D eigenvalue weighted by Gasteiger charge is -2.18. The molecule has 0 fully saturated rings. The van der Waals surface area contributed by atoms with Crippen LogP contribution in [-0.2, 0) is 0 Å². The highest BCUT2D eigenvalue weighted by molar-refractivity contribution is 6.30. The number of aliphatic hydroxyl groups excluding tert-OH is 1. The molecule has 1 rings (SSSR count). The van der Waals surface area contributed by atoms with E-state index >= 15 is 0 Å². The molecule has 0 amide bonds. The molecule has 1 atom stereocenters. The van der Waals surface area contributed by atoms with Gasteiger partial charge in [-0.1, -0.05) is 23.8 Å². The number of ketones is 1. The van der Waals surface area contributed by atoms with E-state index in [1.54, 1.807) is 0 Å². The SMILES string of the molecule is C/C=C/C(O)C(F)(F)C(=O)c1ccc(Cl)cc1. The van der Waals surface area contributed by atoms with Crippen molar-refractivity contribution in [2.24, 2.45) is 0 Å². The summed E-state index contributed by atoms with van der Waals surface area (Å²) < 4.78 is 27.0. The van der Waals surface area contributed by atoms with Gasteiger partial charge in [-0.25, -0.2) is 0 Å². The average molecular weight is 261 g/mol. The number of halogens is 3. The maximum absolute atomic E-state index is 13.5. The van der Waals surface area contributed by atoms with Crippen LogP contribution in [0.3, 0.4) is 0 Å². The van der Waals surface area contributed by atoms with E-state index in [4.69, 9.17) is 11.6 Å². The number of carbonyl (C=O) groups is 1. The van der Waals surface area contributed by atoms with Crippen molar-refractivity contribution in [3.8, 4) is 0 Å². The molecule has 0 saturated heterocycles. The summed E-state index contributed by atoms with van der Waals surface area (Å²) in [5, 5.41) is 9.53. The van der Waals surface area contributed by atoms with Gasteiger partial charge in [0.05, 0.1) is 0 Å². The van der Waals surface area contributed by atoms with Crippen LogP contribution in [0.2, 0.25) is 5.02 Å². The summed E-state index contributed by atoms with van der Waals surface area (Å²) in [6.45, 7) is 1.48. The maximum atomic E-state index is 13.5. The first-order valence-corrected chi connectivity index (χ1v) is 5.26. The van der Waals surface area contributed by atoms with Gasteiger partial charge in [-0.2, -0.15) is 8.78 Å². The van der Waals surface area contributed by atoms with Crippen molar-refractivity contribution in [3.05, 3.63) is 47.0 Å². The van der Waals surface area contributed by atoms with Gasteiger partial charge < -0.3 is 5.11 Å². The zero-order valence-electron chi connectivity index (χ0n) is 9.03. The van der Waals surface area contributed by atoms with Crippen molar-refractivity contribution in [1.82, 2.24) is 0 Å². The maximum Gasteiger partial charge on any atom is 0.338 e. The number of hydrogen-bond acceptors (Lipinski definition) is 2. The first kappa shape index (κ1) is 13.8. The number of benzene rings is 1. The van der Waals surface area contributed by atoms with Gasteiger partial charge >= 0.3 is 5.92 Å². The zero-order valence-corrected chi connectivity index (χ0v) is 9.79. The minimum Gasteiger partial charge on any atom is -0.382 e. The van der Waals surface area contributed by atoms with Crippen LogP contribution in [0.1, 0.15) is 17.3 Å². The molecule has 0 aliphatic carbocycles. The highest BCUT2D eigenvalue weighted by Gasteiger charge is 2.45. The molecule has 0 aliphatic rings. The fourth-order valence-electron chi connectivity index (χ4n) is 1.23. The second kappa shape index (κ2) is 5.38. The molecule has 1 unspecified atom stereocenters. The normalized spacial score (nSPS) is 13.9. The molecule has 0 aromatic heterocycles. The van der Waals surface area contributed by atoms with E-state index in [0.717, 1.165) is 6.08 Å². The van der Waals surface area contributed by atoms with E-state index in [0.29, 0.717) is 5.02 Å². The Morgan fingerprint density at radius 3 is 2.41 bits per heavy atom. The fraction of sp³-hybridized carbons (Fsp3) is 0.250. The second-order valence-corrected chi connectivity index (χ2v) is 3.87. The molecule has 0 spiro atoms. The third-order valence-electron chi connectivity index (χ3n) is 2.16. The van der Waals surface area contributed by atoms with E-state index < -0.39 is 17.8 Å². The predicted octanol–water partition coefficient (Wildman–Crippen LogP) is 3.10. The van der Waals surface area contributed by atoms with Crippen LogP contribution in [0, 0.1) is 0 Å². The standard InChI is InChI=1S/C12H11ClF2O2/c1-2-3-10(16)12(14,15)11(17)8-4-6-9(13)7-5-8/h2-7,10,16H,1H3/b3-2+. The van der Waals surface area contributed by atoms with E-state index in [1.165, 1.54) is 37.3 Å². The molecule has 0 saturated carbocycles. The third kappa shape index (κ3) is 3.11. The van der Waals surface area contributed by atoms with E-state index in [9.17, 15) is 18.7 Å². The lowest BCUT2D eigenvalue weighted by Crippen LogP contribution is -2.40. The Labute approximate surface area is 103 Å². The molecule has 17 heavy (non-hydrogen) atoms. The highest BCUT2D eigenvalue weighted by atomic mass is 35.5. The van der Waals surface area contributed by atoms with Crippen LogP contribution >= 0.6 is 11.6 Å². The van der Waals surface area contributed by atoms with Crippen molar-refractivity contribution in [2.45, 2.75) is 19.0 Å². The van der Waals surface area contributed by atoms with Gasteiger partial charge in [-0.3, -0.25) is 4.79 Å². The number of hydrogen-bond donors (Lipinski definition) is 1. The molecule has 0 radical (unpaired) electrons. The van der Waals surface area contributed by atoms with Crippen LogP contribution in [0.25, 0.3) is 0 Å². The van der Waals surface area contributed by atoms with E-state index in [-0.39, 0.29) is 5.56 Å². The monoisotopic (exact) mass is 260 g/mol. The van der Waals surface area contributed by atoms with Gasteiger partial charge in [0, 0.05) is 10.6 Å². The molecule has 0 aliphatic heterocycles. The average Bonchev–Trinajstić information content (AvgIpc) is 2.29. The molecular formula is C12H11ClF2O2. The predicted molar refractivity (Wildman–Crippen MR) is 61.6 cm³/mol. The van der Waals surface area contributed by atoms with Crippen LogP contribution in [0.4, 0.5) is 8.78 Å². The zero-order chi connectivity index (χ0) is 13.1. The van der Waals surface area contributed by atoms with Crippen LogP contribution in [-0.4, -0.2) is 22.9 Å². The van der Waals surface area contributed by atoms with Crippen LogP contribution < -0.4 is 0 Å². The largest absolute Gasteiger partial charge is 0.382 e. The van der Waals surface area contributed by atoms with Gasteiger partial charge in [0.1, 0.15) is 6.10 Å². The number of Topliss-reactive ketones (excluding diaryl/α,β-unsaturated/α-hetero) is 1. The van der Waals surface area contributed by atoms with Crippen molar-refractivity contribution >= 4 is 17.4 Å². The second-order valence-electron chi connectivity index (χ2n) is 3.43. The Kier molecular flexibility index (Phi) is 4.37. The molecule has 92 valence electrons. The van der Waals surface area contributed by atoms with Crippen molar-refractivity contribution in [3.63, 3.8) is 0 Å². The van der Waals surface area contributed by atoms with Gasteiger partial charge in [0.2, 0.25) is 5.78 Å². The van der Waals surface area contributed by atoms with Gasteiger partial charge in [0.15, 0.2) is 0 Å². The Bertz CT molecular complexity index is 427. The van der Waals surface area contributed by atoms with Gasteiger partial charge in [0.25, 0.3) is 0 Å². The summed E-state index contributed by atoms with van der Waals surface area (Å²) in [6, 6.07) is 5.07. The summed E-state index contributed by atoms with van der Waals surface area (Å²) >= 11 is 5.58. The van der Waals surface area contributed by atoms with Gasteiger partial charge in [-0.15, -0.1) is 0 Å². The van der Waals surface area contributed by atoms with Crippen molar-refractivity contribution in [1.29, 1.82) is 0 Å². The van der Waals surface area contributed by atoms with Crippen molar-refractivity contribution in [2.75, 3.05) is 0 Å². The Morgan fingerprint density at radius 1 is 1.41 bits per heavy atom. The number of allylic oxidation sites excluding steroid dienone is 1. The summed E-state index contributed by atoms with van der Waals surface area (Å²) in [7, 11) is 0. The quantitative estimate of drug-likeness (QED) is 0.667. The Balaban J connectivity index is 2.99. The summed E-state index contributed by atoms with van der Waals surface area (Å²) in [5.41, 5.74) is -0.192. The van der Waals surface area contributed by atoms with Crippen LogP contribution in [0.15, 0.2) is 36.4 Å². The number of carbonyl (C=O) groups excluding carboxylic acids is 1. The summed E-state index contributed by atoms with van der Waals surface area (Å²) in [5.74, 6) is -5.28. The molecule has 0 bridgehead atoms. The third-order valence-corrected chi connectivity index (χ3v) is 2.41. The number of rotatable bonds is 4. The first-order chi connectivity index (χ1) is 7.89. The Hall–Kier alpha value is -1.26. The highest BCUT2D eigenvalue weighted by Crippen LogP contribution is 2.25. The summed E-state index contributed by atoms with van der Waals surface area (Å²) in [6.07, 6.45) is -0.00248. The molecule has 1 N–H and O–H groups in total. The lowest BCUT2D eigenvalue weighted by atomic mass is 10.0. The molecule has 5 heteroatoms. The van der Waals surface area contributed by atoms with E-state index in [2.05, 4.69) is 0 Å². The van der Waals surface area contributed by atoms with Crippen molar-refractivity contribution < 1.29 is 18.7 Å². The minimum absolute atomic E-state index is 0.192. The molecule has 0 heterocycles. The fourth-order valence-corrected chi connectivity index (χ4v) is 1.36.